The minimum Gasteiger partial charge on any atom is -0.411 e. The number of aromatic nitrogens is 1. The summed E-state index contributed by atoms with van der Waals surface area (Å²) in [5.41, 5.74) is 0.576. The van der Waals surface area contributed by atoms with Crippen LogP contribution in [0.15, 0.2) is 23.5 Å². The molecule has 0 saturated carbocycles. The molecule has 0 aliphatic rings. The molecule has 3 nitrogen and oxygen atoms in total. The van der Waals surface area contributed by atoms with Gasteiger partial charge in [0.25, 0.3) is 0 Å². The van der Waals surface area contributed by atoms with E-state index in [2.05, 4.69) is 10.1 Å². The second kappa shape index (κ2) is 3.17. The average Bonchev–Trinajstić information content (AvgIpc) is 1.95. The van der Waals surface area contributed by atoms with Gasteiger partial charge in [-0.05, 0) is 12.1 Å². The SMILES string of the molecule is O/N=C/c1ccc(Cl)cn1. The molecule has 0 aliphatic heterocycles. The highest BCUT2D eigenvalue weighted by atomic mass is 35.5. The smallest absolute Gasteiger partial charge is 0.0918 e. The summed E-state index contributed by atoms with van der Waals surface area (Å²) >= 11 is 5.54. The van der Waals surface area contributed by atoms with E-state index in [9.17, 15) is 0 Å². The van der Waals surface area contributed by atoms with Gasteiger partial charge in [-0.2, -0.15) is 0 Å². The van der Waals surface area contributed by atoms with Crippen molar-refractivity contribution in [2.24, 2.45) is 5.16 Å². The fourth-order valence-corrected chi connectivity index (χ4v) is 0.635. The van der Waals surface area contributed by atoms with Crippen molar-refractivity contribution >= 4 is 17.8 Å². The number of nitrogens with zero attached hydrogens (tertiary/aromatic N) is 2. The largest absolute Gasteiger partial charge is 0.411 e. The molecule has 0 atom stereocenters. The van der Waals surface area contributed by atoms with E-state index in [1.54, 1.807) is 12.1 Å². The molecule has 0 aliphatic carbocycles. The van der Waals surface area contributed by atoms with Gasteiger partial charge in [0, 0.05) is 6.20 Å². The Bertz CT molecular complexity index is 232. The third-order valence-corrected chi connectivity index (χ3v) is 1.16. The molecule has 1 N–H and O–H groups in total. The van der Waals surface area contributed by atoms with Crippen LogP contribution in [0.25, 0.3) is 0 Å². The lowest BCUT2D eigenvalue weighted by Crippen LogP contribution is -1.84. The Kier molecular flexibility index (Phi) is 2.23. The number of rotatable bonds is 1. The molecule has 0 fully saturated rings. The molecule has 1 rings (SSSR count). The van der Waals surface area contributed by atoms with Gasteiger partial charge >= 0.3 is 0 Å². The monoisotopic (exact) mass is 156 g/mol. The second-order valence-electron chi connectivity index (χ2n) is 1.65. The maximum atomic E-state index is 8.09. The van der Waals surface area contributed by atoms with Crippen LogP contribution in [0.4, 0.5) is 0 Å². The zero-order chi connectivity index (χ0) is 7.40. The second-order valence-corrected chi connectivity index (χ2v) is 2.08. The molecule has 0 spiro atoms. The van der Waals surface area contributed by atoms with Crippen LogP contribution in [0.5, 0.6) is 0 Å². The molecule has 0 aromatic carbocycles. The first-order chi connectivity index (χ1) is 4.83. The molecular weight excluding hydrogens is 152 g/mol. The lowest BCUT2D eigenvalue weighted by Gasteiger charge is -1.88. The fourth-order valence-electron chi connectivity index (χ4n) is 0.523. The van der Waals surface area contributed by atoms with Crippen molar-refractivity contribution < 1.29 is 5.21 Å². The molecule has 0 radical (unpaired) electrons. The van der Waals surface area contributed by atoms with Crippen LogP contribution in [-0.2, 0) is 0 Å². The van der Waals surface area contributed by atoms with Crippen LogP contribution in [0.2, 0.25) is 5.02 Å². The number of oxime groups is 1. The number of pyridine rings is 1. The van der Waals surface area contributed by atoms with Crippen molar-refractivity contribution in [3.8, 4) is 0 Å². The highest BCUT2D eigenvalue weighted by Crippen LogP contribution is 2.04. The van der Waals surface area contributed by atoms with Crippen molar-refractivity contribution in [1.29, 1.82) is 0 Å². The van der Waals surface area contributed by atoms with E-state index < -0.39 is 0 Å². The van der Waals surface area contributed by atoms with E-state index in [-0.39, 0.29) is 0 Å². The summed E-state index contributed by atoms with van der Waals surface area (Å²) in [5.74, 6) is 0. The Hall–Kier alpha value is -1.09. The first kappa shape index (κ1) is 7.02. The first-order valence-electron chi connectivity index (χ1n) is 2.62. The van der Waals surface area contributed by atoms with Crippen molar-refractivity contribution in [2.45, 2.75) is 0 Å². The minimum absolute atomic E-state index is 0.565. The predicted octanol–water partition coefficient (Wildman–Crippen LogP) is 1.54. The average molecular weight is 157 g/mol. The van der Waals surface area contributed by atoms with Crippen molar-refractivity contribution in [1.82, 2.24) is 4.98 Å². The number of hydrogen-bond acceptors (Lipinski definition) is 3. The predicted molar refractivity (Wildman–Crippen MR) is 38.6 cm³/mol. The van der Waals surface area contributed by atoms with Gasteiger partial charge < -0.3 is 5.21 Å². The summed E-state index contributed by atoms with van der Waals surface area (Å²) in [6.07, 6.45) is 2.72. The Morgan fingerprint density at radius 1 is 1.60 bits per heavy atom. The van der Waals surface area contributed by atoms with Gasteiger partial charge in [-0.25, -0.2) is 0 Å². The Morgan fingerprint density at radius 3 is 2.90 bits per heavy atom. The lowest BCUT2D eigenvalue weighted by atomic mass is 10.4. The minimum atomic E-state index is 0.565. The molecule has 0 amide bonds. The van der Waals surface area contributed by atoms with Crippen molar-refractivity contribution in [2.75, 3.05) is 0 Å². The van der Waals surface area contributed by atoms with E-state index in [1.807, 2.05) is 0 Å². The van der Waals surface area contributed by atoms with E-state index in [0.29, 0.717) is 10.7 Å². The number of halogens is 1. The zero-order valence-electron chi connectivity index (χ0n) is 5.03. The van der Waals surface area contributed by atoms with E-state index in [1.165, 1.54) is 12.4 Å². The normalized spacial score (nSPS) is 10.5. The van der Waals surface area contributed by atoms with Gasteiger partial charge in [0.15, 0.2) is 0 Å². The molecule has 1 aromatic heterocycles. The Labute approximate surface area is 63.0 Å². The van der Waals surface area contributed by atoms with Crippen LogP contribution in [0, 0.1) is 0 Å². The van der Waals surface area contributed by atoms with Gasteiger partial charge in [0.2, 0.25) is 0 Å². The van der Waals surface area contributed by atoms with E-state index in [0.717, 1.165) is 0 Å². The molecule has 52 valence electrons. The summed E-state index contributed by atoms with van der Waals surface area (Å²) in [7, 11) is 0. The van der Waals surface area contributed by atoms with Gasteiger partial charge in [0.05, 0.1) is 16.9 Å². The molecule has 1 heterocycles. The van der Waals surface area contributed by atoms with Gasteiger partial charge in [-0.1, -0.05) is 16.8 Å². The van der Waals surface area contributed by atoms with Gasteiger partial charge in [0.1, 0.15) is 0 Å². The maximum Gasteiger partial charge on any atom is 0.0918 e. The highest BCUT2D eigenvalue weighted by Gasteiger charge is 1.88. The third kappa shape index (κ3) is 1.70. The standard InChI is InChI=1S/C6H5ClN2O/c7-5-1-2-6(4-9-10)8-3-5/h1-4,10H/b9-4+. The molecule has 0 saturated heterocycles. The molecule has 4 heteroatoms. The van der Waals surface area contributed by atoms with E-state index in [4.69, 9.17) is 16.8 Å². The third-order valence-electron chi connectivity index (χ3n) is 0.940. The lowest BCUT2D eigenvalue weighted by molar-refractivity contribution is 0.321. The molecule has 10 heavy (non-hydrogen) atoms. The molecular formula is C6H5ClN2O. The van der Waals surface area contributed by atoms with Crippen LogP contribution < -0.4 is 0 Å². The Balaban J connectivity index is 2.89. The van der Waals surface area contributed by atoms with Gasteiger partial charge in [-0.3, -0.25) is 4.98 Å². The van der Waals surface area contributed by atoms with Crippen LogP contribution in [0.1, 0.15) is 5.69 Å². The summed E-state index contributed by atoms with van der Waals surface area (Å²) in [6.45, 7) is 0. The summed E-state index contributed by atoms with van der Waals surface area (Å²) in [5, 5.41) is 11.5. The molecule has 0 bridgehead atoms. The van der Waals surface area contributed by atoms with Crippen molar-refractivity contribution in [3.63, 3.8) is 0 Å². The summed E-state index contributed by atoms with van der Waals surface area (Å²) < 4.78 is 0. The zero-order valence-corrected chi connectivity index (χ0v) is 5.78. The topological polar surface area (TPSA) is 45.5 Å². The van der Waals surface area contributed by atoms with E-state index >= 15 is 0 Å². The van der Waals surface area contributed by atoms with Crippen LogP contribution in [-0.4, -0.2) is 16.4 Å². The number of hydrogen-bond donors (Lipinski definition) is 1. The Morgan fingerprint density at radius 2 is 2.40 bits per heavy atom. The first-order valence-corrected chi connectivity index (χ1v) is 2.99. The maximum absolute atomic E-state index is 8.09. The van der Waals surface area contributed by atoms with Crippen molar-refractivity contribution in [3.05, 3.63) is 29.0 Å². The highest BCUT2D eigenvalue weighted by molar-refractivity contribution is 6.30. The fraction of sp³-hybridized carbons (Fsp3) is 0. The molecule has 1 aromatic rings. The quantitative estimate of drug-likeness (QED) is 0.381. The summed E-state index contributed by atoms with van der Waals surface area (Å²) in [4.78, 5) is 3.83. The molecule has 0 unspecified atom stereocenters. The van der Waals surface area contributed by atoms with Crippen LogP contribution in [0.3, 0.4) is 0 Å². The van der Waals surface area contributed by atoms with Crippen LogP contribution >= 0.6 is 11.6 Å². The van der Waals surface area contributed by atoms with Gasteiger partial charge in [-0.15, -0.1) is 0 Å². The summed E-state index contributed by atoms with van der Waals surface area (Å²) in [6, 6.07) is 3.33.